The quantitative estimate of drug-likeness (QED) is 0.706. The Morgan fingerprint density at radius 1 is 1.05 bits per heavy atom. The Bertz CT molecular complexity index is 672. The van der Waals surface area contributed by atoms with Crippen molar-refractivity contribution >= 4 is 0 Å². The summed E-state index contributed by atoms with van der Waals surface area (Å²) in [6.45, 7) is 1.16. The van der Waals surface area contributed by atoms with Crippen LogP contribution in [0.2, 0.25) is 0 Å². The molecule has 0 saturated heterocycles. The van der Waals surface area contributed by atoms with Crippen LogP contribution in [0.3, 0.4) is 0 Å². The molecule has 1 aromatic carbocycles. The lowest BCUT2D eigenvalue weighted by molar-refractivity contribution is 0.606. The van der Waals surface area contributed by atoms with Gasteiger partial charge in [-0.2, -0.15) is 4.68 Å². The molecule has 8 nitrogen and oxygen atoms in total. The lowest BCUT2D eigenvalue weighted by Gasteiger charge is -2.05. The third kappa shape index (κ3) is 2.54. The van der Waals surface area contributed by atoms with Gasteiger partial charge in [0.05, 0.1) is 18.8 Å². The standard InChI is InChI=1S/C12H14N8/c1-19-9-14-15-11(19)7-13-8-12-16-17-18-20(12)10-5-3-2-4-6-10/h2-6,9,13H,7-8H2,1H3. The molecule has 0 spiro atoms. The van der Waals surface area contributed by atoms with Crippen LogP contribution in [0.15, 0.2) is 36.7 Å². The van der Waals surface area contributed by atoms with E-state index >= 15 is 0 Å². The summed E-state index contributed by atoms with van der Waals surface area (Å²) in [4.78, 5) is 0. The van der Waals surface area contributed by atoms with E-state index in [2.05, 4.69) is 31.0 Å². The molecule has 1 N–H and O–H groups in total. The lowest BCUT2D eigenvalue weighted by Crippen LogP contribution is -2.18. The van der Waals surface area contributed by atoms with Crippen LogP contribution >= 0.6 is 0 Å². The summed E-state index contributed by atoms with van der Waals surface area (Å²) in [5, 5.41) is 22.8. The van der Waals surface area contributed by atoms with E-state index in [4.69, 9.17) is 0 Å². The third-order valence-corrected chi connectivity index (χ3v) is 2.91. The van der Waals surface area contributed by atoms with Crippen LogP contribution in [0, 0.1) is 0 Å². The van der Waals surface area contributed by atoms with Crippen molar-refractivity contribution < 1.29 is 0 Å². The van der Waals surface area contributed by atoms with Crippen molar-refractivity contribution in [1.82, 2.24) is 40.3 Å². The molecule has 0 radical (unpaired) electrons. The number of hydrogen-bond donors (Lipinski definition) is 1. The fraction of sp³-hybridized carbons (Fsp3) is 0.250. The van der Waals surface area contributed by atoms with E-state index in [-0.39, 0.29) is 0 Å². The molecular formula is C12H14N8. The first-order valence-corrected chi connectivity index (χ1v) is 6.21. The molecule has 2 heterocycles. The van der Waals surface area contributed by atoms with Gasteiger partial charge in [-0.15, -0.1) is 15.3 Å². The normalized spacial score (nSPS) is 10.8. The minimum absolute atomic E-state index is 0.550. The van der Waals surface area contributed by atoms with Crippen LogP contribution in [0.5, 0.6) is 0 Å². The summed E-state index contributed by atoms with van der Waals surface area (Å²) in [6, 6.07) is 9.78. The minimum atomic E-state index is 0.550. The number of aromatic nitrogens is 7. The maximum absolute atomic E-state index is 4.03. The van der Waals surface area contributed by atoms with Gasteiger partial charge < -0.3 is 9.88 Å². The van der Waals surface area contributed by atoms with Crippen LogP contribution in [0.25, 0.3) is 5.69 Å². The maximum atomic E-state index is 4.03. The molecule has 0 fully saturated rings. The molecule has 0 bridgehead atoms. The Labute approximate surface area is 115 Å². The highest BCUT2D eigenvalue weighted by molar-refractivity contribution is 5.30. The van der Waals surface area contributed by atoms with E-state index in [0.29, 0.717) is 13.1 Å². The van der Waals surface area contributed by atoms with Gasteiger partial charge in [0.1, 0.15) is 12.2 Å². The fourth-order valence-corrected chi connectivity index (χ4v) is 1.84. The van der Waals surface area contributed by atoms with E-state index in [1.807, 2.05) is 41.9 Å². The van der Waals surface area contributed by atoms with Crippen molar-refractivity contribution in [3.63, 3.8) is 0 Å². The Hall–Kier alpha value is -2.61. The minimum Gasteiger partial charge on any atom is -0.320 e. The zero-order chi connectivity index (χ0) is 13.8. The van der Waals surface area contributed by atoms with Crippen LogP contribution in [-0.4, -0.2) is 35.0 Å². The third-order valence-electron chi connectivity index (χ3n) is 2.91. The van der Waals surface area contributed by atoms with E-state index in [0.717, 1.165) is 17.3 Å². The Morgan fingerprint density at radius 3 is 2.60 bits per heavy atom. The number of aryl methyl sites for hydroxylation is 1. The van der Waals surface area contributed by atoms with Gasteiger partial charge in [-0.1, -0.05) is 18.2 Å². The molecule has 0 unspecified atom stereocenters. The van der Waals surface area contributed by atoms with Crippen LogP contribution < -0.4 is 5.32 Å². The van der Waals surface area contributed by atoms with Gasteiger partial charge in [-0.25, -0.2) is 0 Å². The first-order chi connectivity index (χ1) is 9.84. The van der Waals surface area contributed by atoms with Gasteiger partial charge >= 0.3 is 0 Å². The molecule has 0 aliphatic carbocycles. The van der Waals surface area contributed by atoms with Crippen molar-refractivity contribution in [2.45, 2.75) is 13.1 Å². The van der Waals surface area contributed by atoms with Gasteiger partial charge in [0.25, 0.3) is 0 Å². The summed E-state index contributed by atoms with van der Waals surface area (Å²) in [5.74, 6) is 1.61. The van der Waals surface area contributed by atoms with Crippen molar-refractivity contribution in [3.8, 4) is 5.69 Å². The average Bonchev–Trinajstić information content (AvgIpc) is 3.10. The van der Waals surface area contributed by atoms with Crippen LogP contribution in [0.1, 0.15) is 11.6 Å². The van der Waals surface area contributed by atoms with Crippen LogP contribution in [-0.2, 0) is 20.1 Å². The molecule has 0 atom stereocenters. The molecule has 102 valence electrons. The SMILES string of the molecule is Cn1cnnc1CNCc1nnnn1-c1ccccc1. The highest BCUT2D eigenvalue weighted by Gasteiger charge is 2.08. The van der Waals surface area contributed by atoms with E-state index < -0.39 is 0 Å². The number of benzene rings is 1. The van der Waals surface area contributed by atoms with Crippen LogP contribution in [0.4, 0.5) is 0 Å². The maximum Gasteiger partial charge on any atom is 0.170 e. The number of nitrogens with one attached hydrogen (secondary N) is 1. The molecule has 0 saturated carbocycles. The van der Waals surface area contributed by atoms with E-state index in [1.165, 1.54) is 0 Å². The largest absolute Gasteiger partial charge is 0.320 e. The van der Waals surface area contributed by atoms with Gasteiger partial charge in [-0.05, 0) is 22.6 Å². The number of nitrogens with zero attached hydrogens (tertiary/aromatic N) is 7. The molecule has 0 amide bonds. The predicted molar refractivity (Wildman–Crippen MR) is 70.7 cm³/mol. The molecular weight excluding hydrogens is 256 g/mol. The van der Waals surface area contributed by atoms with Crippen molar-refractivity contribution in [3.05, 3.63) is 48.3 Å². The number of rotatable bonds is 5. The summed E-state index contributed by atoms with van der Waals surface area (Å²) in [7, 11) is 1.91. The molecule has 3 aromatic rings. The van der Waals surface area contributed by atoms with E-state index in [1.54, 1.807) is 11.0 Å². The molecule has 0 aliphatic rings. The fourth-order valence-electron chi connectivity index (χ4n) is 1.84. The average molecular weight is 270 g/mol. The molecule has 2 aromatic heterocycles. The first kappa shape index (κ1) is 12.4. The zero-order valence-corrected chi connectivity index (χ0v) is 11.0. The number of hydrogen-bond acceptors (Lipinski definition) is 6. The number of para-hydroxylation sites is 1. The predicted octanol–water partition coefficient (Wildman–Crippen LogP) is 0.0806. The first-order valence-electron chi connectivity index (χ1n) is 6.21. The second kappa shape index (κ2) is 5.57. The van der Waals surface area contributed by atoms with E-state index in [9.17, 15) is 0 Å². The highest BCUT2D eigenvalue weighted by atomic mass is 15.5. The Balaban J connectivity index is 1.67. The Kier molecular flexibility index (Phi) is 3.46. The zero-order valence-electron chi connectivity index (χ0n) is 11.0. The summed E-state index contributed by atoms with van der Waals surface area (Å²) >= 11 is 0. The topological polar surface area (TPSA) is 86.3 Å². The van der Waals surface area contributed by atoms with Gasteiger partial charge in [0, 0.05) is 7.05 Å². The summed E-state index contributed by atoms with van der Waals surface area (Å²) in [6.07, 6.45) is 1.67. The van der Waals surface area contributed by atoms with Gasteiger partial charge in [0.2, 0.25) is 0 Å². The molecule has 0 aliphatic heterocycles. The van der Waals surface area contributed by atoms with Gasteiger partial charge in [-0.3, -0.25) is 0 Å². The summed E-state index contributed by atoms with van der Waals surface area (Å²) in [5.41, 5.74) is 0.938. The van der Waals surface area contributed by atoms with Crippen molar-refractivity contribution in [2.75, 3.05) is 0 Å². The second-order valence-corrected chi connectivity index (χ2v) is 4.30. The number of tetrazole rings is 1. The molecule has 20 heavy (non-hydrogen) atoms. The monoisotopic (exact) mass is 270 g/mol. The lowest BCUT2D eigenvalue weighted by atomic mass is 10.3. The Morgan fingerprint density at radius 2 is 1.85 bits per heavy atom. The summed E-state index contributed by atoms with van der Waals surface area (Å²) < 4.78 is 3.58. The van der Waals surface area contributed by atoms with Crippen molar-refractivity contribution in [1.29, 1.82) is 0 Å². The van der Waals surface area contributed by atoms with Crippen molar-refractivity contribution in [2.24, 2.45) is 7.05 Å². The molecule has 8 heteroatoms. The second-order valence-electron chi connectivity index (χ2n) is 4.30. The highest BCUT2D eigenvalue weighted by Crippen LogP contribution is 2.06. The molecule has 3 rings (SSSR count). The smallest absolute Gasteiger partial charge is 0.170 e. The van der Waals surface area contributed by atoms with Gasteiger partial charge in [0.15, 0.2) is 5.82 Å².